The van der Waals surface area contributed by atoms with Gasteiger partial charge in [0.25, 0.3) is 0 Å². The quantitative estimate of drug-likeness (QED) is 0.540. The molecule has 2 atom stereocenters. The standard InChI is InChI=1S/C9H12N2/c1-7-2-4-10-5-3-8(7)9-6-11-9/h5,7-8H,2-4H2,1H3/t7-,8?/m1/s1. The van der Waals surface area contributed by atoms with Gasteiger partial charge in [0.2, 0.25) is 0 Å². The Morgan fingerprint density at radius 3 is 3.18 bits per heavy atom. The molecular weight excluding hydrogens is 136 g/mol. The van der Waals surface area contributed by atoms with Gasteiger partial charge in [0.15, 0.2) is 0 Å². The molecule has 2 nitrogen and oxygen atoms in total. The summed E-state index contributed by atoms with van der Waals surface area (Å²) in [5, 5.41) is 0. The van der Waals surface area contributed by atoms with Crippen LogP contribution in [0.1, 0.15) is 19.8 Å². The highest BCUT2D eigenvalue weighted by atomic mass is 14.8. The average Bonchev–Trinajstić information content (AvgIpc) is 2.74. The molecule has 58 valence electrons. The first-order chi connectivity index (χ1) is 5.38. The van der Waals surface area contributed by atoms with Gasteiger partial charge in [-0.15, -0.1) is 0 Å². The van der Waals surface area contributed by atoms with Crippen LogP contribution in [0.2, 0.25) is 0 Å². The van der Waals surface area contributed by atoms with Gasteiger partial charge < -0.3 is 0 Å². The number of allylic oxidation sites excluding steroid dienone is 1. The van der Waals surface area contributed by atoms with E-state index in [-0.39, 0.29) is 0 Å². The summed E-state index contributed by atoms with van der Waals surface area (Å²) in [4.78, 5) is 8.30. The number of rotatable bonds is 1. The van der Waals surface area contributed by atoms with Crippen molar-refractivity contribution >= 4 is 12.1 Å². The van der Waals surface area contributed by atoms with Crippen molar-refractivity contribution in [3.63, 3.8) is 0 Å². The van der Waals surface area contributed by atoms with Crippen LogP contribution < -0.4 is 0 Å². The Hall–Kier alpha value is -0.880. The van der Waals surface area contributed by atoms with Crippen molar-refractivity contribution in [2.45, 2.75) is 19.8 Å². The summed E-state index contributed by atoms with van der Waals surface area (Å²) in [6, 6.07) is 0. The monoisotopic (exact) mass is 148 g/mol. The zero-order valence-electron chi connectivity index (χ0n) is 6.75. The van der Waals surface area contributed by atoms with Gasteiger partial charge in [0.05, 0.1) is 0 Å². The largest absolute Gasteiger partial charge is 0.298 e. The van der Waals surface area contributed by atoms with Crippen molar-refractivity contribution in [3.8, 4) is 0 Å². The topological polar surface area (TPSA) is 24.7 Å². The minimum absolute atomic E-state index is 0.612. The molecule has 2 heteroatoms. The lowest BCUT2D eigenvalue weighted by atomic mass is 9.88. The summed E-state index contributed by atoms with van der Waals surface area (Å²) in [5.41, 5.74) is 1.19. The van der Waals surface area contributed by atoms with E-state index >= 15 is 0 Å². The van der Waals surface area contributed by atoms with E-state index in [9.17, 15) is 0 Å². The first kappa shape index (κ1) is 6.81. The molecule has 0 aromatic rings. The lowest BCUT2D eigenvalue weighted by Crippen LogP contribution is -2.10. The molecule has 2 aliphatic heterocycles. The number of aliphatic imine (C=N–C) groups is 2. The van der Waals surface area contributed by atoms with Crippen LogP contribution in [-0.4, -0.2) is 18.6 Å². The van der Waals surface area contributed by atoms with Gasteiger partial charge in [0, 0.05) is 18.3 Å². The smallest absolute Gasteiger partial charge is 0.115 e. The molecule has 2 heterocycles. The fourth-order valence-electron chi connectivity index (χ4n) is 1.57. The van der Waals surface area contributed by atoms with E-state index in [1.54, 1.807) is 0 Å². The molecule has 0 N–H and O–H groups in total. The predicted molar refractivity (Wildman–Crippen MR) is 46.2 cm³/mol. The van der Waals surface area contributed by atoms with Crippen LogP contribution >= 0.6 is 0 Å². The maximum absolute atomic E-state index is 4.27. The summed E-state index contributed by atoms with van der Waals surface area (Å²) in [7, 11) is 0. The minimum Gasteiger partial charge on any atom is -0.298 e. The molecule has 0 bridgehead atoms. The van der Waals surface area contributed by atoms with Crippen molar-refractivity contribution in [2.75, 3.05) is 6.54 Å². The Bertz CT molecular complexity index is 246. The molecular formula is C9H12N2. The average molecular weight is 148 g/mol. The lowest BCUT2D eigenvalue weighted by Gasteiger charge is -2.15. The van der Waals surface area contributed by atoms with E-state index in [2.05, 4.69) is 22.8 Å². The fraction of sp³-hybridized carbons (Fsp3) is 0.667. The number of hydrogen-bond acceptors (Lipinski definition) is 2. The maximum Gasteiger partial charge on any atom is 0.115 e. The molecule has 0 aromatic carbocycles. The summed E-state index contributed by atoms with van der Waals surface area (Å²) in [5.74, 6) is 4.28. The molecule has 0 aromatic heterocycles. The van der Waals surface area contributed by atoms with Crippen LogP contribution in [0.15, 0.2) is 15.7 Å². The molecule has 2 aliphatic rings. The third-order valence-corrected chi connectivity index (χ3v) is 2.48. The van der Waals surface area contributed by atoms with Gasteiger partial charge in [-0.05, 0) is 25.0 Å². The number of hydrogen-bond donors (Lipinski definition) is 0. The molecule has 0 saturated carbocycles. The Balaban J connectivity index is 2.03. The Morgan fingerprint density at radius 1 is 1.64 bits per heavy atom. The van der Waals surface area contributed by atoms with Crippen LogP contribution in [0.3, 0.4) is 0 Å². The summed E-state index contributed by atoms with van der Waals surface area (Å²) in [6.45, 7) is 3.27. The highest BCUT2D eigenvalue weighted by molar-refractivity contribution is 5.74. The van der Waals surface area contributed by atoms with Gasteiger partial charge in [-0.2, -0.15) is 4.99 Å². The first-order valence-electron chi connectivity index (χ1n) is 4.20. The van der Waals surface area contributed by atoms with E-state index in [1.807, 2.05) is 6.21 Å². The Morgan fingerprint density at radius 2 is 2.45 bits per heavy atom. The molecule has 2 rings (SSSR count). The first-order valence-corrected chi connectivity index (χ1v) is 4.20. The van der Waals surface area contributed by atoms with Gasteiger partial charge in [-0.3, -0.25) is 4.99 Å². The highest BCUT2D eigenvalue weighted by Crippen LogP contribution is 2.30. The SMILES string of the molecule is C[C@@H]1CCN=CCC1C1=C=N1. The van der Waals surface area contributed by atoms with Crippen molar-refractivity contribution < 1.29 is 0 Å². The molecule has 0 radical (unpaired) electrons. The van der Waals surface area contributed by atoms with Gasteiger partial charge in [0.1, 0.15) is 5.70 Å². The van der Waals surface area contributed by atoms with E-state index in [0.717, 1.165) is 18.9 Å². The molecule has 1 unspecified atom stereocenters. The van der Waals surface area contributed by atoms with Crippen molar-refractivity contribution in [1.29, 1.82) is 0 Å². The molecule has 0 aliphatic carbocycles. The highest BCUT2D eigenvalue weighted by Gasteiger charge is 2.25. The van der Waals surface area contributed by atoms with Gasteiger partial charge >= 0.3 is 0 Å². The normalized spacial score (nSPS) is 34.8. The second-order valence-corrected chi connectivity index (χ2v) is 3.31. The van der Waals surface area contributed by atoms with Crippen molar-refractivity contribution in [2.24, 2.45) is 21.8 Å². The van der Waals surface area contributed by atoms with Gasteiger partial charge in [-0.1, -0.05) is 6.92 Å². The number of nitrogens with zero attached hydrogens (tertiary/aromatic N) is 2. The van der Waals surface area contributed by atoms with Crippen LogP contribution in [0.4, 0.5) is 0 Å². The molecule has 0 amide bonds. The van der Waals surface area contributed by atoms with E-state index in [1.165, 1.54) is 12.1 Å². The third kappa shape index (κ3) is 1.41. The summed E-state index contributed by atoms with van der Waals surface area (Å²) >= 11 is 0. The minimum atomic E-state index is 0.612. The van der Waals surface area contributed by atoms with Crippen LogP contribution in [0.25, 0.3) is 0 Å². The zero-order valence-corrected chi connectivity index (χ0v) is 6.75. The van der Waals surface area contributed by atoms with E-state index in [4.69, 9.17) is 0 Å². The molecule has 11 heavy (non-hydrogen) atoms. The van der Waals surface area contributed by atoms with Crippen molar-refractivity contribution in [3.05, 3.63) is 5.70 Å². The summed E-state index contributed by atoms with van der Waals surface area (Å²) in [6.07, 6.45) is 4.30. The van der Waals surface area contributed by atoms with E-state index in [0.29, 0.717) is 5.92 Å². The second-order valence-electron chi connectivity index (χ2n) is 3.31. The summed E-state index contributed by atoms with van der Waals surface area (Å²) < 4.78 is 0. The van der Waals surface area contributed by atoms with Crippen LogP contribution in [0.5, 0.6) is 0 Å². The molecule has 0 fully saturated rings. The molecule has 0 saturated heterocycles. The van der Waals surface area contributed by atoms with Gasteiger partial charge in [-0.25, -0.2) is 0 Å². The lowest BCUT2D eigenvalue weighted by molar-refractivity contribution is 0.416. The molecule has 0 spiro atoms. The Kier molecular flexibility index (Phi) is 1.63. The Labute approximate surface area is 66.7 Å². The van der Waals surface area contributed by atoms with E-state index < -0.39 is 0 Å². The maximum atomic E-state index is 4.27. The second kappa shape index (κ2) is 2.63. The van der Waals surface area contributed by atoms with Crippen LogP contribution in [-0.2, 0) is 0 Å². The van der Waals surface area contributed by atoms with Crippen molar-refractivity contribution in [1.82, 2.24) is 0 Å². The zero-order chi connectivity index (χ0) is 7.68. The predicted octanol–water partition coefficient (Wildman–Crippen LogP) is 1.67. The fourth-order valence-corrected chi connectivity index (χ4v) is 1.57. The van der Waals surface area contributed by atoms with Crippen LogP contribution in [0, 0.1) is 11.8 Å². The third-order valence-electron chi connectivity index (χ3n) is 2.48.